The first-order valence-electron chi connectivity index (χ1n) is 3.15. The summed E-state index contributed by atoms with van der Waals surface area (Å²) in [5.74, 6) is 0. The van der Waals surface area contributed by atoms with Crippen LogP contribution in [0.4, 0.5) is 4.79 Å². The Balaban J connectivity index is 3.86. The third kappa shape index (κ3) is 6.19. The Kier molecular flexibility index (Phi) is 5.32. The number of nitrogens with zero attached hydrogens (tertiary/aromatic N) is 1. The maximum absolute atomic E-state index is 10.8. The lowest BCUT2D eigenvalue weighted by molar-refractivity contribution is 0.247. The minimum absolute atomic E-state index is 0.0950. The molecule has 0 aromatic rings. The molecule has 0 bridgehead atoms. The molecule has 0 aromatic carbocycles. The lowest BCUT2D eigenvalue weighted by Crippen LogP contribution is -2.27. The van der Waals surface area contributed by atoms with Crippen molar-refractivity contribution >= 4 is 33.9 Å². The van der Waals surface area contributed by atoms with Gasteiger partial charge in [0.25, 0.3) is 0 Å². The number of thioether (sulfide) groups is 1. The van der Waals surface area contributed by atoms with Crippen LogP contribution in [0.1, 0.15) is 13.8 Å². The quantitative estimate of drug-likeness (QED) is 0.513. The fourth-order valence-electron chi connectivity index (χ4n) is 0.405. The molecule has 0 radical (unpaired) electrons. The molecule has 0 aromatic heterocycles. The van der Waals surface area contributed by atoms with Crippen LogP contribution in [0, 0.1) is 0 Å². The van der Waals surface area contributed by atoms with E-state index in [0.29, 0.717) is 0 Å². The van der Waals surface area contributed by atoms with Crippen LogP contribution in [0.3, 0.4) is 0 Å². The Bertz CT molecular complexity index is 170. The molecule has 0 aliphatic rings. The second kappa shape index (κ2) is 5.43. The first-order valence-corrected chi connectivity index (χ1v) is 4.75. The van der Waals surface area contributed by atoms with Crippen LogP contribution in [0.5, 0.6) is 0 Å². The number of hydrogen-bond acceptors (Lipinski definition) is 2. The lowest BCUT2D eigenvalue weighted by atomic mass is 10.4. The number of aliphatic imine (C=N–C) groups is 1. The molecular weight excluding hydrogens is 184 g/mol. The summed E-state index contributed by atoms with van der Waals surface area (Å²) in [6.45, 7) is 3.72. The molecule has 5 heteroatoms. The van der Waals surface area contributed by atoms with E-state index in [2.05, 4.69) is 10.3 Å². The van der Waals surface area contributed by atoms with Crippen LogP contribution in [-0.4, -0.2) is 22.8 Å². The van der Waals surface area contributed by atoms with Crippen molar-refractivity contribution in [3.63, 3.8) is 0 Å². The molecular formula is C6H11ClN2OS. The number of halogens is 1. The smallest absolute Gasteiger partial charge is 0.334 e. The fourth-order valence-corrected chi connectivity index (χ4v) is 0.656. The number of nitrogens with one attached hydrogen (secondary N) is 1. The van der Waals surface area contributed by atoms with Crippen molar-refractivity contribution < 1.29 is 4.79 Å². The number of carbonyl (C=O) groups is 1. The topological polar surface area (TPSA) is 41.5 Å². The first kappa shape index (κ1) is 10.8. The monoisotopic (exact) mass is 194 g/mol. The van der Waals surface area contributed by atoms with Crippen molar-refractivity contribution in [3.8, 4) is 0 Å². The van der Waals surface area contributed by atoms with Crippen LogP contribution in [0.25, 0.3) is 0 Å². The number of rotatable bonds is 1. The molecule has 0 fully saturated rings. The Labute approximate surface area is 75.6 Å². The summed E-state index contributed by atoms with van der Waals surface area (Å²) < 4.78 is 0.253. The molecule has 0 heterocycles. The van der Waals surface area contributed by atoms with Gasteiger partial charge in [-0.2, -0.15) is 4.99 Å². The summed E-state index contributed by atoms with van der Waals surface area (Å²) in [4.78, 5) is 14.4. The molecule has 0 aliphatic heterocycles. The van der Waals surface area contributed by atoms with E-state index in [-0.39, 0.29) is 16.6 Å². The average molecular weight is 195 g/mol. The lowest BCUT2D eigenvalue weighted by Gasteiger charge is -2.03. The van der Waals surface area contributed by atoms with E-state index >= 15 is 0 Å². The van der Waals surface area contributed by atoms with Crippen molar-refractivity contribution in [1.82, 2.24) is 5.32 Å². The molecule has 2 amide bonds. The van der Waals surface area contributed by atoms with Gasteiger partial charge in [-0.05, 0) is 20.1 Å². The number of amides is 2. The summed E-state index contributed by atoms with van der Waals surface area (Å²) >= 11 is 6.73. The zero-order valence-electron chi connectivity index (χ0n) is 6.72. The van der Waals surface area contributed by atoms with E-state index in [0.717, 1.165) is 0 Å². The van der Waals surface area contributed by atoms with Gasteiger partial charge < -0.3 is 5.32 Å². The Morgan fingerprint density at radius 3 is 2.55 bits per heavy atom. The Hall–Kier alpha value is -0.220. The summed E-state index contributed by atoms with van der Waals surface area (Å²) in [5.41, 5.74) is 0. The molecule has 0 spiro atoms. The summed E-state index contributed by atoms with van der Waals surface area (Å²) in [6, 6.07) is -0.295. The average Bonchev–Trinajstić information content (AvgIpc) is 1.85. The highest BCUT2D eigenvalue weighted by Gasteiger charge is 2.00. The van der Waals surface area contributed by atoms with Gasteiger partial charge in [0.05, 0.1) is 0 Å². The third-order valence-electron chi connectivity index (χ3n) is 0.770. The van der Waals surface area contributed by atoms with E-state index in [4.69, 9.17) is 11.6 Å². The highest BCUT2D eigenvalue weighted by molar-refractivity contribution is 8.16. The SMILES string of the molecule is CSC(Cl)=NC(=O)NC(C)C. The zero-order valence-corrected chi connectivity index (χ0v) is 8.29. The maximum Gasteiger partial charge on any atom is 0.343 e. The predicted molar refractivity (Wildman–Crippen MR) is 50.5 cm³/mol. The van der Waals surface area contributed by atoms with Gasteiger partial charge in [0.15, 0.2) is 4.50 Å². The molecule has 0 aliphatic carbocycles. The van der Waals surface area contributed by atoms with Crippen LogP contribution in [-0.2, 0) is 0 Å². The predicted octanol–water partition coefficient (Wildman–Crippen LogP) is 2.06. The van der Waals surface area contributed by atoms with Crippen LogP contribution < -0.4 is 5.32 Å². The number of carbonyl (C=O) groups excluding carboxylic acids is 1. The van der Waals surface area contributed by atoms with Crippen LogP contribution >= 0.6 is 23.4 Å². The number of hydrogen-bond donors (Lipinski definition) is 1. The zero-order chi connectivity index (χ0) is 8.85. The minimum atomic E-state index is -0.389. The van der Waals surface area contributed by atoms with Crippen LogP contribution in [0.15, 0.2) is 4.99 Å². The standard InChI is InChI=1S/C6H11ClN2OS/c1-4(2)8-6(10)9-5(7)11-3/h4H,1-3H3,(H,8,10). The number of urea groups is 1. The van der Waals surface area contributed by atoms with E-state index in [9.17, 15) is 4.79 Å². The minimum Gasteiger partial charge on any atom is -0.334 e. The van der Waals surface area contributed by atoms with E-state index in [1.165, 1.54) is 11.8 Å². The Morgan fingerprint density at radius 2 is 2.18 bits per heavy atom. The molecule has 1 N–H and O–H groups in total. The highest BCUT2D eigenvalue weighted by atomic mass is 35.5. The van der Waals surface area contributed by atoms with E-state index in [1.54, 1.807) is 6.26 Å². The van der Waals surface area contributed by atoms with Gasteiger partial charge in [-0.25, -0.2) is 4.79 Å². The molecule has 64 valence electrons. The van der Waals surface area contributed by atoms with E-state index in [1.807, 2.05) is 13.8 Å². The molecule has 11 heavy (non-hydrogen) atoms. The first-order chi connectivity index (χ1) is 5.06. The summed E-state index contributed by atoms with van der Waals surface area (Å²) in [7, 11) is 0. The molecule has 0 saturated carbocycles. The van der Waals surface area contributed by atoms with Crippen molar-refractivity contribution in [3.05, 3.63) is 0 Å². The summed E-state index contributed by atoms with van der Waals surface area (Å²) in [5, 5.41) is 2.58. The largest absolute Gasteiger partial charge is 0.343 e. The van der Waals surface area contributed by atoms with Gasteiger partial charge in [-0.1, -0.05) is 23.4 Å². The molecule has 0 saturated heterocycles. The molecule has 0 atom stereocenters. The second-order valence-electron chi connectivity index (χ2n) is 2.17. The van der Waals surface area contributed by atoms with Gasteiger partial charge in [-0.15, -0.1) is 0 Å². The van der Waals surface area contributed by atoms with Gasteiger partial charge in [0, 0.05) is 6.04 Å². The maximum atomic E-state index is 10.8. The van der Waals surface area contributed by atoms with Crippen LogP contribution in [0.2, 0.25) is 0 Å². The summed E-state index contributed by atoms with van der Waals surface area (Å²) in [6.07, 6.45) is 1.76. The van der Waals surface area contributed by atoms with Crippen molar-refractivity contribution in [1.29, 1.82) is 0 Å². The van der Waals surface area contributed by atoms with Gasteiger partial charge in [-0.3, -0.25) is 0 Å². The normalized spacial score (nSPS) is 11.9. The molecule has 0 unspecified atom stereocenters. The van der Waals surface area contributed by atoms with Gasteiger partial charge in [0.2, 0.25) is 0 Å². The van der Waals surface area contributed by atoms with Gasteiger partial charge >= 0.3 is 6.03 Å². The van der Waals surface area contributed by atoms with Crippen molar-refractivity contribution in [2.75, 3.05) is 6.26 Å². The van der Waals surface area contributed by atoms with Crippen molar-refractivity contribution in [2.24, 2.45) is 4.99 Å². The third-order valence-corrected chi connectivity index (χ3v) is 1.75. The molecule has 3 nitrogen and oxygen atoms in total. The second-order valence-corrected chi connectivity index (χ2v) is 3.55. The molecule has 0 rings (SSSR count). The van der Waals surface area contributed by atoms with Crippen molar-refractivity contribution in [2.45, 2.75) is 19.9 Å². The van der Waals surface area contributed by atoms with Gasteiger partial charge in [0.1, 0.15) is 0 Å². The highest BCUT2D eigenvalue weighted by Crippen LogP contribution is 2.02. The fraction of sp³-hybridized carbons (Fsp3) is 0.667. The Morgan fingerprint density at radius 1 is 1.64 bits per heavy atom. The van der Waals surface area contributed by atoms with E-state index < -0.39 is 0 Å².